The van der Waals surface area contributed by atoms with Gasteiger partial charge < -0.3 is 14.5 Å². The fourth-order valence-electron chi connectivity index (χ4n) is 2.94. The fraction of sp³-hybridized carbons (Fsp3) is 0.136. The summed E-state index contributed by atoms with van der Waals surface area (Å²) in [6, 6.07) is 10.7. The molecule has 1 N–H and O–H groups in total. The zero-order valence-corrected chi connectivity index (χ0v) is 16.1. The molecule has 2 amide bonds. The van der Waals surface area contributed by atoms with Gasteiger partial charge in [-0.3, -0.25) is 9.59 Å². The van der Waals surface area contributed by atoms with Crippen molar-refractivity contribution in [2.45, 2.75) is 12.5 Å². The molecule has 6 nitrogen and oxygen atoms in total. The van der Waals surface area contributed by atoms with Crippen LogP contribution in [-0.2, 0) is 20.7 Å². The summed E-state index contributed by atoms with van der Waals surface area (Å²) < 4.78 is 11.0. The van der Waals surface area contributed by atoms with Crippen molar-refractivity contribution in [3.05, 3.63) is 88.6 Å². The number of furan rings is 1. The van der Waals surface area contributed by atoms with Crippen molar-refractivity contribution in [2.75, 3.05) is 6.54 Å². The minimum atomic E-state index is -0.508. The Balaban J connectivity index is 1.43. The predicted octanol–water partition coefficient (Wildman–Crippen LogP) is 3.50. The van der Waals surface area contributed by atoms with Crippen LogP contribution in [0.1, 0.15) is 11.3 Å². The third-order valence-electron chi connectivity index (χ3n) is 4.41. The maximum Gasteiger partial charge on any atom is 0.312 e. The lowest BCUT2D eigenvalue weighted by Crippen LogP contribution is -2.33. The van der Waals surface area contributed by atoms with Crippen LogP contribution in [0.2, 0.25) is 5.02 Å². The standard InChI is InChI=1S/C22H17ClN2O4/c23-16-6-3-14(4-7-16)12-20-22(27)25-18-13-15(5-8-19(18)29-20)21(26)24-10-9-17-2-1-11-28-17/h1-8,11-13,19H,9-10H2,(H,24,26)/b20-12-. The zero-order chi connectivity index (χ0) is 20.2. The Morgan fingerprint density at radius 2 is 2.07 bits per heavy atom. The number of fused-ring (bicyclic) bond motifs is 1. The molecule has 1 aromatic heterocycles. The zero-order valence-electron chi connectivity index (χ0n) is 15.3. The van der Waals surface area contributed by atoms with Gasteiger partial charge in [0.1, 0.15) is 5.76 Å². The molecule has 0 radical (unpaired) electrons. The van der Waals surface area contributed by atoms with Crippen LogP contribution < -0.4 is 5.32 Å². The monoisotopic (exact) mass is 408 g/mol. The smallest absolute Gasteiger partial charge is 0.312 e. The van der Waals surface area contributed by atoms with Crippen molar-refractivity contribution in [2.24, 2.45) is 4.99 Å². The molecule has 0 saturated heterocycles. The van der Waals surface area contributed by atoms with E-state index in [9.17, 15) is 9.59 Å². The maximum absolute atomic E-state index is 12.4. The van der Waals surface area contributed by atoms with Crippen LogP contribution in [0.15, 0.2) is 81.6 Å². The van der Waals surface area contributed by atoms with Crippen LogP contribution in [0.5, 0.6) is 0 Å². The number of hydrogen-bond acceptors (Lipinski definition) is 4. The summed E-state index contributed by atoms with van der Waals surface area (Å²) >= 11 is 5.88. The molecule has 0 fully saturated rings. The van der Waals surface area contributed by atoms with E-state index in [2.05, 4.69) is 10.3 Å². The van der Waals surface area contributed by atoms with Crippen molar-refractivity contribution >= 4 is 35.2 Å². The third-order valence-corrected chi connectivity index (χ3v) is 4.66. The first-order valence-electron chi connectivity index (χ1n) is 9.06. The van der Waals surface area contributed by atoms with Gasteiger partial charge in [0.25, 0.3) is 5.91 Å². The first-order chi connectivity index (χ1) is 14.1. The number of benzene rings is 1. The lowest BCUT2D eigenvalue weighted by atomic mass is 10.0. The molecule has 0 bridgehead atoms. The largest absolute Gasteiger partial charge is 0.474 e. The number of aliphatic imine (C=N–C) groups is 1. The van der Waals surface area contributed by atoms with E-state index in [4.69, 9.17) is 20.8 Å². The molecule has 2 aliphatic rings. The second-order valence-corrected chi connectivity index (χ2v) is 6.92. The van der Waals surface area contributed by atoms with E-state index < -0.39 is 12.0 Å². The van der Waals surface area contributed by atoms with Gasteiger partial charge in [0.05, 0.1) is 12.0 Å². The molecule has 1 atom stereocenters. The molecule has 1 aliphatic heterocycles. The van der Waals surface area contributed by atoms with Gasteiger partial charge in [-0.05, 0) is 54.1 Å². The Morgan fingerprint density at radius 1 is 1.24 bits per heavy atom. The second kappa shape index (κ2) is 8.32. The highest BCUT2D eigenvalue weighted by Crippen LogP contribution is 2.23. The van der Waals surface area contributed by atoms with Crippen LogP contribution in [0, 0.1) is 0 Å². The average molecular weight is 409 g/mol. The van der Waals surface area contributed by atoms with Crippen LogP contribution in [0.4, 0.5) is 0 Å². The number of ether oxygens (including phenoxy) is 1. The summed E-state index contributed by atoms with van der Waals surface area (Å²) in [7, 11) is 0. The Hall–Kier alpha value is -3.38. The molecule has 2 heterocycles. The number of nitrogens with zero attached hydrogens (tertiary/aromatic N) is 1. The highest BCUT2D eigenvalue weighted by Gasteiger charge is 2.28. The highest BCUT2D eigenvalue weighted by atomic mass is 35.5. The molecule has 0 spiro atoms. The number of carbonyl (C=O) groups is 2. The Bertz CT molecular complexity index is 1050. The first-order valence-corrected chi connectivity index (χ1v) is 9.43. The SMILES string of the molecule is O=C(NCCc1ccco1)C1=CC2=NC(=O)/C(=C/c3ccc(Cl)cc3)OC2C=C1. The van der Waals surface area contributed by atoms with Crippen LogP contribution in [-0.4, -0.2) is 30.2 Å². The molecular formula is C22H17ClN2O4. The third kappa shape index (κ3) is 4.55. The van der Waals surface area contributed by atoms with Gasteiger partial charge >= 0.3 is 5.91 Å². The lowest BCUT2D eigenvalue weighted by molar-refractivity contribution is -0.119. The van der Waals surface area contributed by atoms with Crippen LogP contribution in [0.3, 0.4) is 0 Å². The van der Waals surface area contributed by atoms with Crippen molar-refractivity contribution in [3.63, 3.8) is 0 Å². The van der Waals surface area contributed by atoms with Gasteiger partial charge in [0, 0.05) is 23.6 Å². The molecule has 146 valence electrons. The Labute approximate surface area is 172 Å². The number of halogens is 1. The van der Waals surface area contributed by atoms with Crippen molar-refractivity contribution < 1.29 is 18.7 Å². The molecule has 4 rings (SSSR count). The highest BCUT2D eigenvalue weighted by molar-refractivity contribution is 6.30. The second-order valence-electron chi connectivity index (χ2n) is 6.48. The Kier molecular flexibility index (Phi) is 5.44. The number of carbonyl (C=O) groups excluding carboxylic acids is 2. The summed E-state index contributed by atoms with van der Waals surface area (Å²) in [5.74, 6) is 0.207. The van der Waals surface area contributed by atoms with E-state index in [0.29, 0.717) is 29.3 Å². The number of hydrogen-bond donors (Lipinski definition) is 1. The summed E-state index contributed by atoms with van der Waals surface area (Å²) in [6.07, 6.45) is 8.25. The first kappa shape index (κ1) is 19.0. The fourth-order valence-corrected chi connectivity index (χ4v) is 3.06. The van der Waals surface area contributed by atoms with Crippen LogP contribution >= 0.6 is 11.6 Å². The number of rotatable bonds is 5. The van der Waals surface area contributed by atoms with E-state index in [1.165, 1.54) is 0 Å². The van der Waals surface area contributed by atoms with Gasteiger partial charge in [-0.1, -0.05) is 23.7 Å². The van der Waals surface area contributed by atoms with E-state index in [0.717, 1.165) is 11.3 Å². The van der Waals surface area contributed by atoms with E-state index in [1.54, 1.807) is 60.9 Å². The van der Waals surface area contributed by atoms with E-state index in [1.807, 2.05) is 6.07 Å². The van der Waals surface area contributed by atoms with Gasteiger partial charge in [-0.25, -0.2) is 4.99 Å². The minimum absolute atomic E-state index is 0.144. The number of nitrogens with one attached hydrogen (secondary N) is 1. The van der Waals surface area contributed by atoms with E-state index in [-0.39, 0.29) is 11.7 Å². The van der Waals surface area contributed by atoms with Crippen molar-refractivity contribution in [3.8, 4) is 0 Å². The summed E-state index contributed by atoms with van der Waals surface area (Å²) in [6.45, 7) is 0.441. The van der Waals surface area contributed by atoms with Crippen LogP contribution in [0.25, 0.3) is 6.08 Å². The lowest BCUT2D eigenvalue weighted by Gasteiger charge is -2.24. The molecule has 2 aromatic rings. The van der Waals surface area contributed by atoms with E-state index >= 15 is 0 Å². The van der Waals surface area contributed by atoms with Gasteiger partial charge in [-0.2, -0.15) is 0 Å². The molecular weight excluding hydrogens is 392 g/mol. The van der Waals surface area contributed by atoms with Gasteiger partial charge in [-0.15, -0.1) is 0 Å². The predicted molar refractivity (Wildman–Crippen MR) is 109 cm³/mol. The summed E-state index contributed by atoms with van der Waals surface area (Å²) in [5, 5.41) is 3.43. The van der Waals surface area contributed by atoms with Gasteiger partial charge in [0.15, 0.2) is 11.9 Å². The molecule has 1 unspecified atom stereocenters. The normalized spacial score (nSPS) is 19.3. The molecule has 0 saturated carbocycles. The topological polar surface area (TPSA) is 80.9 Å². The van der Waals surface area contributed by atoms with Gasteiger partial charge in [0.2, 0.25) is 0 Å². The van der Waals surface area contributed by atoms with Crippen molar-refractivity contribution in [1.29, 1.82) is 0 Å². The molecule has 7 heteroatoms. The molecule has 1 aliphatic carbocycles. The minimum Gasteiger partial charge on any atom is -0.474 e. The molecule has 29 heavy (non-hydrogen) atoms. The summed E-state index contributed by atoms with van der Waals surface area (Å²) in [4.78, 5) is 28.8. The summed E-state index contributed by atoms with van der Waals surface area (Å²) in [5.41, 5.74) is 1.60. The number of amides is 2. The quantitative estimate of drug-likeness (QED) is 0.768. The van der Waals surface area contributed by atoms with Crippen molar-refractivity contribution in [1.82, 2.24) is 5.32 Å². The molecule has 1 aromatic carbocycles. The Morgan fingerprint density at radius 3 is 2.83 bits per heavy atom. The average Bonchev–Trinajstić information content (AvgIpc) is 3.23. The maximum atomic E-state index is 12.4.